The Bertz CT molecular complexity index is 535. The van der Waals surface area contributed by atoms with Crippen molar-refractivity contribution in [2.24, 2.45) is 0 Å². The van der Waals surface area contributed by atoms with Crippen LogP contribution in [0.5, 0.6) is 0 Å². The summed E-state index contributed by atoms with van der Waals surface area (Å²) in [5.41, 5.74) is 0.595. The molecule has 2 aromatic rings. The van der Waals surface area contributed by atoms with Crippen LogP contribution in [0.4, 0.5) is 4.39 Å². The Morgan fingerprint density at radius 2 is 2.17 bits per heavy atom. The van der Waals surface area contributed by atoms with Crippen LogP contribution in [0.25, 0.3) is 0 Å². The van der Waals surface area contributed by atoms with Crippen LogP contribution in [0.15, 0.2) is 24.3 Å². The van der Waals surface area contributed by atoms with Crippen molar-refractivity contribution in [3.05, 3.63) is 41.5 Å². The molecule has 1 heterocycles. The van der Waals surface area contributed by atoms with Gasteiger partial charge in [0.15, 0.2) is 5.82 Å². The maximum Gasteiger partial charge on any atom is 0.165 e. The monoisotopic (exact) mass is 247 g/mol. The first kappa shape index (κ1) is 11.3. The van der Waals surface area contributed by atoms with E-state index in [1.165, 1.54) is 18.9 Å². The van der Waals surface area contributed by atoms with Crippen LogP contribution < -0.4 is 5.32 Å². The number of hydrogen-bond acceptors (Lipinski definition) is 4. The van der Waals surface area contributed by atoms with Crippen LogP contribution in [-0.4, -0.2) is 26.2 Å². The Balaban J connectivity index is 1.71. The van der Waals surface area contributed by atoms with Gasteiger partial charge >= 0.3 is 0 Å². The minimum absolute atomic E-state index is 0.228. The van der Waals surface area contributed by atoms with Gasteiger partial charge in [0.1, 0.15) is 5.82 Å². The number of tetrazole rings is 1. The van der Waals surface area contributed by atoms with Crippen LogP contribution in [0, 0.1) is 5.82 Å². The topological polar surface area (TPSA) is 55.6 Å². The van der Waals surface area contributed by atoms with Gasteiger partial charge in [0.25, 0.3) is 0 Å². The molecule has 6 heteroatoms. The second-order valence-electron chi connectivity index (χ2n) is 4.50. The van der Waals surface area contributed by atoms with Crippen LogP contribution in [0.3, 0.4) is 0 Å². The molecule has 0 unspecified atom stereocenters. The summed E-state index contributed by atoms with van der Waals surface area (Å²) in [4.78, 5) is 0. The fourth-order valence-corrected chi connectivity index (χ4v) is 1.78. The van der Waals surface area contributed by atoms with Gasteiger partial charge < -0.3 is 5.32 Å². The number of benzene rings is 1. The molecular weight excluding hydrogens is 233 g/mol. The lowest BCUT2D eigenvalue weighted by atomic mass is 10.2. The van der Waals surface area contributed by atoms with E-state index in [0.717, 1.165) is 5.82 Å². The predicted octanol–water partition coefficient (Wildman–Crippen LogP) is 1.11. The third kappa shape index (κ3) is 2.53. The maximum absolute atomic E-state index is 13.5. The normalized spacial score (nSPS) is 14.9. The van der Waals surface area contributed by atoms with Crippen LogP contribution in [0.1, 0.15) is 24.2 Å². The van der Waals surface area contributed by atoms with Crippen molar-refractivity contribution in [3.63, 3.8) is 0 Å². The largest absolute Gasteiger partial charge is 0.307 e. The third-order valence-electron chi connectivity index (χ3n) is 3.01. The molecule has 1 aliphatic rings. The summed E-state index contributed by atoms with van der Waals surface area (Å²) < 4.78 is 15.2. The molecule has 5 nitrogen and oxygen atoms in total. The SMILES string of the molecule is Fc1ccccc1Cn1nnnc1CNC1CC1. The van der Waals surface area contributed by atoms with Crippen molar-refractivity contribution in [1.29, 1.82) is 0 Å². The van der Waals surface area contributed by atoms with Gasteiger partial charge in [0.2, 0.25) is 0 Å². The Labute approximate surface area is 104 Å². The van der Waals surface area contributed by atoms with E-state index < -0.39 is 0 Å². The van der Waals surface area contributed by atoms with Gasteiger partial charge in [-0.15, -0.1) is 5.10 Å². The molecule has 0 atom stereocenters. The zero-order valence-corrected chi connectivity index (χ0v) is 9.88. The van der Waals surface area contributed by atoms with Crippen molar-refractivity contribution in [2.75, 3.05) is 0 Å². The molecule has 1 N–H and O–H groups in total. The average molecular weight is 247 g/mol. The van der Waals surface area contributed by atoms with E-state index in [-0.39, 0.29) is 5.82 Å². The highest BCUT2D eigenvalue weighted by Crippen LogP contribution is 2.19. The molecular formula is C12H14FN5. The summed E-state index contributed by atoms with van der Waals surface area (Å²) in [5, 5.41) is 14.8. The Morgan fingerprint density at radius 3 is 2.94 bits per heavy atom. The average Bonchev–Trinajstić information content (AvgIpc) is 3.10. The zero-order valence-electron chi connectivity index (χ0n) is 9.88. The van der Waals surface area contributed by atoms with Crippen LogP contribution in [-0.2, 0) is 13.1 Å². The van der Waals surface area contributed by atoms with Gasteiger partial charge in [-0.05, 0) is 29.3 Å². The molecule has 1 aromatic carbocycles. The van der Waals surface area contributed by atoms with E-state index in [1.807, 2.05) is 6.07 Å². The second-order valence-corrected chi connectivity index (χ2v) is 4.50. The molecule has 0 aliphatic heterocycles. The van der Waals surface area contributed by atoms with Crippen molar-refractivity contribution in [1.82, 2.24) is 25.5 Å². The highest BCUT2D eigenvalue weighted by Gasteiger charge is 2.21. The molecule has 0 radical (unpaired) electrons. The molecule has 0 saturated heterocycles. The Kier molecular flexibility index (Phi) is 3.02. The van der Waals surface area contributed by atoms with Crippen LogP contribution >= 0.6 is 0 Å². The molecule has 18 heavy (non-hydrogen) atoms. The molecule has 1 fully saturated rings. The van der Waals surface area contributed by atoms with Gasteiger partial charge in [-0.25, -0.2) is 9.07 Å². The number of nitrogens with one attached hydrogen (secondary N) is 1. The molecule has 1 saturated carbocycles. The van der Waals surface area contributed by atoms with E-state index in [9.17, 15) is 4.39 Å². The van der Waals surface area contributed by atoms with E-state index >= 15 is 0 Å². The van der Waals surface area contributed by atoms with E-state index in [2.05, 4.69) is 20.8 Å². The lowest BCUT2D eigenvalue weighted by Gasteiger charge is -2.06. The lowest BCUT2D eigenvalue weighted by molar-refractivity contribution is 0.549. The van der Waals surface area contributed by atoms with Crippen molar-refractivity contribution >= 4 is 0 Å². The fourth-order valence-electron chi connectivity index (χ4n) is 1.78. The zero-order chi connectivity index (χ0) is 12.4. The summed E-state index contributed by atoms with van der Waals surface area (Å²) in [6.45, 7) is 0.994. The number of hydrogen-bond donors (Lipinski definition) is 1. The second kappa shape index (κ2) is 4.81. The highest BCUT2D eigenvalue weighted by atomic mass is 19.1. The molecule has 94 valence electrons. The number of nitrogens with zero attached hydrogens (tertiary/aromatic N) is 4. The van der Waals surface area contributed by atoms with E-state index in [1.54, 1.807) is 16.8 Å². The van der Waals surface area contributed by atoms with E-state index in [0.29, 0.717) is 24.7 Å². The molecule has 1 aliphatic carbocycles. The van der Waals surface area contributed by atoms with Gasteiger partial charge in [0.05, 0.1) is 13.1 Å². The smallest absolute Gasteiger partial charge is 0.165 e. The van der Waals surface area contributed by atoms with Crippen molar-refractivity contribution < 1.29 is 4.39 Å². The van der Waals surface area contributed by atoms with Crippen molar-refractivity contribution in [3.8, 4) is 0 Å². The summed E-state index contributed by atoms with van der Waals surface area (Å²) >= 11 is 0. The summed E-state index contributed by atoms with van der Waals surface area (Å²) in [6, 6.07) is 7.28. The van der Waals surface area contributed by atoms with Gasteiger partial charge in [0, 0.05) is 11.6 Å². The molecule has 0 spiro atoms. The standard InChI is InChI=1S/C12H14FN5/c13-11-4-2-1-3-9(11)8-18-12(15-16-17-18)7-14-10-5-6-10/h1-4,10,14H,5-8H2. The first-order valence-corrected chi connectivity index (χ1v) is 6.05. The fraction of sp³-hybridized carbons (Fsp3) is 0.417. The maximum atomic E-state index is 13.5. The Morgan fingerprint density at radius 1 is 1.33 bits per heavy atom. The quantitative estimate of drug-likeness (QED) is 0.860. The third-order valence-corrected chi connectivity index (χ3v) is 3.01. The molecule has 0 amide bonds. The minimum Gasteiger partial charge on any atom is -0.307 e. The van der Waals surface area contributed by atoms with E-state index in [4.69, 9.17) is 0 Å². The summed E-state index contributed by atoms with van der Waals surface area (Å²) in [5.74, 6) is 0.513. The first-order valence-electron chi connectivity index (χ1n) is 6.05. The number of rotatable bonds is 5. The van der Waals surface area contributed by atoms with Gasteiger partial charge in [-0.3, -0.25) is 0 Å². The molecule has 3 rings (SSSR count). The number of aromatic nitrogens is 4. The minimum atomic E-state index is -0.228. The predicted molar refractivity (Wildman–Crippen MR) is 63.2 cm³/mol. The summed E-state index contributed by atoms with van der Waals surface area (Å²) in [6.07, 6.45) is 2.43. The van der Waals surface area contributed by atoms with Gasteiger partial charge in [-0.2, -0.15) is 0 Å². The van der Waals surface area contributed by atoms with Gasteiger partial charge in [-0.1, -0.05) is 18.2 Å². The first-order chi connectivity index (χ1) is 8.83. The molecule has 1 aromatic heterocycles. The number of halogens is 1. The summed E-state index contributed by atoms with van der Waals surface area (Å²) in [7, 11) is 0. The van der Waals surface area contributed by atoms with Crippen molar-refractivity contribution in [2.45, 2.75) is 32.0 Å². The van der Waals surface area contributed by atoms with Crippen LogP contribution in [0.2, 0.25) is 0 Å². The molecule has 0 bridgehead atoms. The lowest BCUT2D eigenvalue weighted by Crippen LogP contribution is -2.19. The highest BCUT2D eigenvalue weighted by molar-refractivity contribution is 5.17. The Hall–Kier alpha value is -1.82.